The number of hydrogen-bond acceptors (Lipinski definition) is 5. The van der Waals surface area contributed by atoms with Gasteiger partial charge in [0.25, 0.3) is 5.91 Å². The average Bonchev–Trinajstić information content (AvgIpc) is 3.48. The Hall–Kier alpha value is -3.57. The van der Waals surface area contributed by atoms with Crippen molar-refractivity contribution in [3.05, 3.63) is 64.9 Å². The molecule has 2 aliphatic rings. The fraction of sp³-hybridized carbons (Fsp3) is 0.238. The fourth-order valence-electron chi connectivity index (χ4n) is 3.85. The third kappa shape index (κ3) is 2.87. The Morgan fingerprint density at radius 3 is 3.00 bits per heavy atom. The summed E-state index contributed by atoms with van der Waals surface area (Å²) in [6, 6.07) is 9.79. The van der Waals surface area contributed by atoms with E-state index < -0.39 is 5.82 Å². The molecule has 0 radical (unpaired) electrons. The van der Waals surface area contributed by atoms with E-state index in [0.29, 0.717) is 29.2 Å². The summed E-state index contributed by atoms with van der Waals surface area (Å²) in [6.45, 7) is 0.949. The maximum absolute atomic E-state index is 14.6. The molecular formula is C21H16FN5O2. The van der Waals surface area contributed by atoms with Crippen LogP contribution < -0.4 is 5.32 Å². The Morgan fingerprint density at radius 1 is 1.31 bits per heavy atom. The van der Waals surface area contributed by atoms with Crippen LogP contribution >= 0.6 is 0 Å². The van der Waals surface area contributed by atoms with Crippen molar-refractivity contribution in [3.63, 3.8) is 0 Å². The lowest BCUT2D eigenvalue weighted by Gasteiger charge is -2.12. The van der Waals surface area contributed by atoms with E-state index in [4.69, 9.17) is 4.74 Å². The Morgan fingerprint density at radius 2 is 2.21 bits per heavy atom. The smallest absolute Gasteiger partial charge is 0.255 e. The van der Waals surface area contributed by atoms with Crippen molar-refractivity contribution in [1.29, 1.82) is 5.26 Å². The largest absolute Gasteiger partial charge is 0.372 e. The third-order valence-corrected chi connectivity index (χ3v) is 5.22. The monoisotopic (exact) mass is 389 g/mol. The summed E-state index contributed by atoms with van der Waals surface area (Å²) in [5.74, 6) is -0.794. The molecule has 0 bridgehead atoms. The molecule has 144 valence electrons. The Kier molecular flexibility index (Phi) is 4.11. The van der Waals surface area contributed by atoms with Gasteiger partial charge in [-0.2, -0.15) is 10.4 Å². The first-order valence-corrected chi connectivity index (χ1v) is 9.34. The molecule has 4 heterocycles. The van der Waals surface area contributed by atoms with E-state index in [1.165, 1.54) is 12.1 Å². The number of nitrogens with zero attached hydrogens (tertiary/aromatic N) is 4. The molecule has 1 aromatic carbocycles. The maximum Gasteiger partial charge on any atom is 0.255 e. The molecule has 5 rings (SSSR count). The fourth-order valence-corrected chi connectivity index (χ4v) is 3.85. The first-order valence-electron chi connectivity index (χ1n) is 9.34. The van der Waals surface area contributed by atoms with Crippen molar-refractivity contribution < 1.29 is 13.9 Å². The molecule has 8 heteroatoms. The highest BCUT2D eigenvalue weighted by atomic mass is 19.1. The molecule has 0 saturated carbocycles. The van der Waals surface area contributed by atoms with Gasteiger partial charge in [-0.3, -0.25) is 4.79 Å². The first kappa shape index (κ1) is 17.5. The number of pyridine rings is 1. The molecule has 1 N–H and O–H groups in total. The summed E-state index contributed by atoms with van der Waals surface area (Å²) in [6.07, 6.45) is 3.59. The van der Waals surface area contributed by atoms with Gasteiger partial charge >= 0.3 is 0 Å². The van der Waals surface area contributed by atoms with Crippen LogP contribution in [0.5, 0.6) is 0 Å². The van der Waals surface area contributed by atoms with Crippen LogP contribution in [0.15, 0.2) is 36.5 Å². The van der Waals surface area contributed by atoms with Crippen molar-refractivity contribution in [1.82, 2.24) is 20.1 Å². The number of aromatic nitrogens is 3. The summed E-state index contributed by atoms with van der Waals surface area (Å²) < 4.78 is 21.9. The van der Waals surface area contributed by atoms with Gasteiger partial charge in [0.1, 0.15) is 11.9 Å². The molecular weight excluding hydrogens is 373 g/mol. The number of fused-ring (bicyclic) bond motifs is 1. The van der Waals surface area contributed by atoms with Gasteiger partial charge in [0, 0.05) is 12.8 Å². The van der Waals surface area contributed by atoms with E-state index in [9.17, 15) is 14.4 Å². The third-order valence-electron chi connectivity index (χ3n) is 5.22. The molecule has 1 fully saturated rings. The standard InChI is InChI=1S/C21H16FN5O2/c22-13-4-1-3-12(10-23)19(13)15-9-17(20-16(25-15)11-24-21(20)28)27-7-6-14(26-27)18-5-2-8-29-18/h1,3-4,6-7,9,18H,2,5,8,11H2,(H,24,28)/t18-/m0/s1. The number of nitrogens with one attached hydrogen (secondary N) is 1. The van der Waals surface area contributed by atoms with Crippen molar-refractivity contribution in [3.8, 4) is 23.0 Å². The molecule has 0 unspecified atom stereocenters. The molecule has 2 aliphatic heterocycles. The topological polar surface area (TPSA) is 92.8 Å². The van der Waals surface area contributed by atoms with E-state index in [0.717, 1.165) is 18.5 Å². The number of carbonyl (C=O) groups is 1. The Balaban J connectivity index is 1.68. The number of hydrogen-bond donors (Lipinski definition) is 1. The van der Waals surface area contributed by atoms with Crippen molar-refractivity contribution in [2.75, 3.05) is 6.61 Å². The van der Waals surface area contributed by atoms with Crippen LogP contribution in [-0.2, 0) is 11.3 Å². The number of nitriles is 1. The number of halogens is 1. The molecule has 7 nitrogen and oxygen atoms in total. The number of rotatable bonds is 3. The quantitative estimate of drug-likeness (QED) is 0.743. The van der Waals surface area contributed by atoms with E-state index in [2.05, 4.69) is 15.4 Å². The van der Waals surface area contributed by atoms with Gasteiger partial charge in [0.15, 0.2) is 0 Å². The summed E-state index contributed by atoms with van der Waals surface area (Å²) in [4.78, 5) is 16.9. The molecule has 2 aromatic heterocycles. The number of carbonyl (C=O) groups excluding carboxylic acids is 1. The van der Waals surface area contributed by atoms with Gasteiger partial charge in [0.2, 0.25) is 0 Å². The minimum atomic E-state index is -0.541. The van der Waals surface area contributed by atoms with Crippen LogP contribution in [-0.4, -0.2) is 27.3 Å². The number of ether oxygens (including phenoxy) is 1. The molecule has 3 aromatic rings. The Bertz CT molecular complexity index is 1170. The second kappa shape index (κ2) is 6.79. The minimum Gasteiger partial charge on any atom is -0.372 e. The van der Waals surface area contributed by atoms with Gasteiger partial charge in [-0.15, -0.1) is 0 Å². The Labute approximate surface area is 165 Å². The van der Waals surface area contributed by atoms with Gasteiger partial charge < -0.3 is 10.1 Å². The second-order valence-corrected chi connectivity index (χ2v) is 6.99. The van der Waals surface area contributed by atoms with Crippen LogP contribution in [0.1, 0.15) is 46.3 Å². The van der Waals surface area contributed by atoms with Gasteiger partial charge in [-0.1, -0.05) is 6.07 Å². The maximum atomic E-state index is 14.6. The first-order chi connectivity index (χ1) is 14.2. The molecule has 1 amide bonds. The van der Waals surface area contributed by atoms with E-state index in [1.54, 1.807) is 23.0 Å². The highest BCUT2D eigenvalue weighted by Crippen LogP contribution is 2.32. The summed E-state index contributed by atoms with van der Waals surface area (Å²) >= 11 is 0. The van der Waals surface area contributed by atoms with Crippen molar-refractivity contribution in [2.45, 2.75) is 25.5 Å². The van der Waals surface area contributed by atoms with Gasteiger partial charge in [-0.25, -0.2) is 14.1 Å². The highest BCUT2D eigenvalue weighted by Gasteiger charge is 2.28. The van der Waals surface area contributed by atoms with Gasteiger partial charge in [0.05, 0.1) is 52.1 Å². The van der Waals surface area contributed by atoms with Crippen molar-refractivity contribution >= 4 is 5.91 Å². The normalized spacial score (nSPS) is 17.8. The van der Waals surface area contributed by atoms with E-state index in [1.807, 2.05) is 12.1 Å². The molecule has 1 saturated heterocycles. The lowest BCUT2D eigenvalue weighted by Crippen LogP contribution is -2.14. The van der Waals surface area contributed by atoms with Crippen LogP contribution in [0, 0.1) is 17.1 Å². The second-order valence-electron chi connectivity index (χ2n) is 6.99. The zero-order chi connectivity index (χ0) is 20.0. The lowest BCUT2D eigenvalue weighted by molar-refractivity contribution is 0.0965. The van der Waals surface area contributed by atoms with E-state index in [-0.39, 0.29) is 29.7 Å². The SMILES string of the molecule is N#Cc1cccc(F)c1-c1cc(-n2ccc([C@@H]3CCCO3)n2)c2c(n1)CNC2=O. The summed E-state index contributed by atoms with van der Waals surface area (Å²) in [7, 11) is 0. The van der Waals surface area contributed by atoms with Crippen molar-refractivity contribution in [2.24, 2.45) is 0 Å². The lowest BCUT2D eigenvalue weighted by atomic mass is 10.0. The summed E-state index contributed by atoms with van der Waals surface area (Å²) in [5, 5.41) is 16.8. The minimum absolute atomic E-state index is 0.0591. The van der Waals surface area contributed by atoms with Gasteiger partial charge in [-0.05, 0) is 37.1 Å². The number of amides is 1. The van der Waals surface area contributed by atoms with Crippen LogP contribution in [0.25, 0.3) is 16.9 Å². The molecule has 0 spiro atoms. The average molecular weight is 389 g/mol. The molecule has 29 heavy (non-hydrogen) atoms. The van der Waals surface area contributed by atoms with Crippen LogP contribution in [0.3, 0.4) is 0 Å². The summed E-state index contributed by atoms with van der Waals surface area (Å²) in [5.41, 5.74) is 2.78. The van der Waals surface area contributed by atoms with Crippen LogP contribution in [0.2, 0.25) is 0 Å². The van der Waals surface area contributed by atoms with E-state index >= 15 is 0 Å². The molecule has 1 atom stereocenters. The zero-order valence-corrected chi connectivity index (χ0v) is 15.4. The predicted octanol–water partition coefficient (Wildman–Crippen LogP) is 3.04. The number of benzene rings is 1. The van der Waals surface area contributed by atoms with Crippen LogP contribution in [0.4, 0.5) is 4.39 Å². The predicted molar refractivity (Wildman–Crippen MR) is 101 cm³/mol. The zero-order valence-electron chi connectivity index (χ0n) is 15.4. The molecule has 0 aliphatic carbocycles. The highest BCUT2D eigenvalue weighted by molar-refractivity contribution is 6.01.